The Hall–Kier alpha value is -1.58. The molecule has 0 saturated heterocycles. The van der Waals surface area contributed by atoms with Gasteiger partial charge in [-0.25, -0.2) is 0 Å². The second-order valence-corrected chi connectivity index (χ2v) is 4.67. The van der Waals surface area contributed by atoms with E-state index in [1.54, 1.807) is 37.3 Å². The molecule has 0 aliphatic heterocycles. The molecule has 3 nitrogen and oxygen atoms in total. The first-order chi connectivity index (χ1) is 8.50. The maximum Gasteiger partial charge on any atom is 0.272 e. The van der Waals surface area contributed by atoms with Crippen LogP contribution >= 0.6 is 23.2 Å². The molecule has 0 N–H and O–H groups in total. The molecule has 92 valence electrons. The standard InChI is InChI=1S/C13H9Cl2NO2/c1-8-5-6-9(7-12(8)16(17)18)13-10(14)3-2-4-11(13)15/h2-7H,1H3. The largest absolute Gasteiger partial charge is 0.272 e. The molecule has 0 aromatic heterocycles. The van der Waals surface area contributed by atoms with Crippen LogP contribution in [0.25, 0.3) is 11.1 Å². The van der Waals surface area contributed by atoms with E-state index < -0.39 is 4.92 Å². The van der Waals surface area contributed by atoms with Crippen LogP contribution in [0.15, 0.2) is 36.4 Å². The van der Waals surface area contributed by atoms with Crippen LogP contribution in [0, 0.1) is 17.0 Å². The molecular weight excluding hydrogens is 273 g/mol. The van der Waals surface area contributed by atoms with Crippen molar-refractivity contribution in [1.29, 1.82) is 0 Å². The number of nitro groups is 1. The van der Waals surface area contributed by atoms with Gasteiger partial charge in [0.15, 0.2) is 0 Å². The molecule has 5 heteroatoms. The fourth-order valence-electron chi connectivity index (χ4n) is 1.74. The van der Waals surface area contributed by atoms with Crippen molar-refractivity contribution in [3.05, 3.63) is 62.1 Å². The van der Waals surface area contributed by atoms with Crippen LogP contribution in [0.3, 0.4) is 0 Å². The van der Waals surface area contributed by atoms with Crippen LogP contribution in [-0.4, -0.2) is 4.92 Å². The molecule has 0 unspecified atom stereocenters. The summed E-state index contributed by atoms with van der Waals surface area (Å²) in [5.41, 5.74) is 1.92. The lowest BCUT2D eigenvalue weighted by atomic mass is 10.0. The van der Waals surface area contributed by atoms with E-state index in [9.17, 15) is 10.1 Å². The summed E-state index contributed by atoms with van der Waals surface area (Å²) in [5.74, 6) is 0. The summed E-state index contributed by atoms with van der Waals surface area (Å²) in [7, 11) is 0. The van der Waals surface area contributed by atoms with Gasteiger partial charge in [-0.2, -0.15) is 0 Å². The van der Waals surface area contributed by atoms with Crippen molar-refractivity contribution in [1.82, 2.24) is 0 Å². The third kappa shape index (κ3) is 2.33. The molecule has 0 spiro atoms. The van der Waals surface area contributed by atoms with Crippen LogP contribution < -0.4 is 0 Å². The first-order valence-electron chi connectivity index (χ1n) is 5.20. The van der Waals surface area contributed by atoms with E-state index in [0.29, 0.717) is 26.7 Å². The maximum absolute atomic E-state index is 10.9. The fourth-order valence-corrected chi connectivity index (χ4v) is 2.35. The van der Waals surface area contributed by atoms with Crippen molar-refractivity contribution in [2.75, 3.05) is 0 Å². The molecule has 0 heterocycles. The van der Waals surface area contributed by atoms with Gasteiger partial charge in [-0.3, -0.25) is 10.1 Å². The van der Waals surface area contributed by atoms with Gasteiger partial charge in [-0.05, 0) is 24.6 Å². The number of hydrogen-bond acceptors (Lipinski definition) is 2. The molecule has 0 bridgehead atoms. The van der Waals surface area contributed by atoms with E-state index in [1.165, 1.54) is 6.07 Å². The fraction of sp³-hybridized carbons (Fsp3) is 0.0769. The molecule has 0 fully saturated rings. The minimum absolute atomic E-state index is 0.0588. The maximum atomic E-state index is 10.9. The molecular formula is C13H9Cl2NO2. The number of hydrogen-bond donors (Lipinski definition) is 0. The Balaban J connectivity index is 2.65. The molecule has 0 amide bonds. The van der Waals surface area contributed by atoms with Crippen molar-refractivity contribution in [2.24, 2.45) is 0 Å². The molecule has 2 aromatic rings. The Labute approximate surface area is 114 Å². The molecule has 2 rings (SSSR count). The van der Waals surface area contributed by atoms with Crippen molar-refractivity contribution < 1.29 is 4.92 Å². The molecule has 0 radical (unpaired) electrons. The Morgan fingerprint density at radius 2 is 1.72 bits per heavy atom. The third-order valence-electron chi connectivity index (χ3n) is 2.66. The number of rotatable bonds is 2. The predicted molar refractivity (Wildman–Crippen MR) is 73.3 cm³/mol. The monoisotopic (exact) mass is 281 g/mol. The lowest BCUT2D eigenvalue weighted by Gasteiger charge is -2.07. The quantitative estimate of drug-likeness (QED) is 0.582. The molecule has 18 heavy (non-hydrogen) atoms. The predicted octanol–water partition coefficient (Wildman–Crippen LogP) is 4.88. The van der Waals surface area contributed by atoms with E-state index in [4.69, 9.17) is 23.2 Å². The SMILES string of the molecule is Cc1ccc(-c2c(Cl)cccc2Cl)cc1[N+](=O)[O-]. The minimum Gasteiger partial charge on any atom is -0.258 e. The Morgan fingerprint density at radius 3 is 2.28 bits per heavy atom. The average molecular weight is 282 g/mol. The van der Waals surface area contributed by atoms with Gasteiger partial charge in [0.05, 0.1) is 4.92 Å². The Morgan fingerprint density at radius 1 is 1.11 bits per heavy atom. The van der Waals surface area contributed by atoms with Gasteiger partial charge in [-0.1, -0.05) is 41.4 Å². The first-order valence-corrected chi connectivity index (χ1v) is 5.95. The highest BCUT2D eigenvalue weighted by Crippen LogP contribution is 2.36. The zero-order valence-corrected chi connectivity index (χ0v) is 11.0. The Kier molecular flexibility index (Phi) is 3.55. The summed E-state index contributed by atoms with van der Waals surface area (Å²) in [4.78, 5) is 10.5. The third-order valence-corrected chi connectivity index (χ3v) is 3.29. The number of benzene rings is 2. The van der Waals surface area contributed by atoms with E-state index in [0.717, 1.165) is 0 Å². The van der Waals surface area contributed by atoms with E-state index in [-0.39, 0.29) is 5.69 Å². The van der Waals surface area contributed by atoms with Crippen LogP contribution in [0.2, 0.25) is 10.0 Å². The van der Waals surface area contributed by atoms with Crippen LogP contribution in [0.5, 0.6) is 0 Å². The van der Waals surface area contributed by atoms with Gasteiger partial charge in [0.2, 0.25) is 0 Å². The van der Waals surface area contributed by atoms with Gasteiger partial charge in [-0.15, -0.1) is 0 Å². The van der Waals surface area contributed by atoms with Crippen molar-refractivity contribution in [2.45, 2.75) is 6.92 Å². The normalized spacial score (nSPS) is 10.4. The van der Waals surface area contributed by atoms with Crippen molar-refractivity contribution >= 4 is 28.9 Å². The molecule has 0 aliphatic rings. The summed E-state index contributed by atoms with van der Waals surface area (Å²) in [6, 6.07) is 10.1. The number of nitro benzene ring substituents is 1. The topological polar surface area (TPSA) is 43.1 Å². The van der Waals surface area contributed by atoms with E-state index >= 15 is 0 Å². The van der Waals surface area contributed by atoms with Gasteiger partial charge < -0.3 is 0 Å². The summed E-state index contributed by atoms with van der Waals surface area (Å²) in [6.07, 6.45) is 0. The Bertz CT molecular complexity index is 606. The van der Waals surface area contributed by atoms with Crippen LogP contribution in [-0.2, 0) is 0 Å². The number of halogens is 2. The number of aryl methyl sites for hydroxylation is 1. The van der Waals surface area contributed by atoms with E-state index in [1.807, 2.05) is 0 Å². The smallest absolute Gasteiger partial charge is 0.258 e. The van der Waals surface area contributed by atoms with Gasteiger partial charge >= 0.3 is 0 Å². The molecule has 2 aromatic carbocycles. The summed E-state index contributed by atoms with van der Waals surface area (Å²) >= 11 is 12.2. The van der Waals surface area contributed by atoms with E-state index in [2.05, 4.69) is 0 Å². The lowest BCUT2D eigenvalue weighted by Crippen LogP contribution is -1.92. The molecule has 0 atom stereocenters. The average Bonchev–Trinajstić information content (AvgIpc) is 2.30. The first kappa shape index (κ1) is 12.9. The van der Waals surface area contributed by atoms with Crippen LogP contribution in [0.4, 0.5) is 5.69 Å². The highest BCUT2D eigenvalue weighted by molar-refractivity contribution is 6.39. The zero-order valence-electron chi connectivity index (χ0n) is 9.48. The lowest BCUT2D eigenvalue weighted by molar-refractivity contribution is -0.385. The minimum atomic E-state index is -0.413. The number of nitrogens with zero attached hydrogens (tertiary/aromatic N) is 1. The van der Waals surface area contributed by atoms with Gasteiger partial charge in [0.25, 0.3) is 5.69 Å². The van der Waals surface area contributed by atoms with Crippen molar-refractivity contribution in [3.63, 3.8) is 0 Å². The second-order valence-electron chi connectivity index (χ2n) is 3.86. The highest BCUT2D eigenvalue weighted by Gasteiger charge is 2.15. The highest BCUT2D eigenvalue weighted by atomic mass is 35.5. The molecule has 0 aliphatic carbocycles. The van der Waals surface area contributed by atoms with Crippen LogP contribution in [0.1, 0.15) is 5.56 Å². The zero-order chi connectivity index (χ0) is 13.3. The summed E-state index contributed by atoms with van der Waals surface area (Å²) < 4.78 is 0. The summed E-state index contributed by atoms with van der Waals surface area (Å²) in [6.45, 7) is 1.69. The second kappa shape index (κ2) is 4.96. The van der Waals surface area contributed by atoms with Gasteiger partial charge in [0.1, 0.15) is 0 Å². The molecule has 0 saturated carbocycles. The van der Waals surface area contributed by atoms with Gasteiger partial charge in [0, 0.05) is 27.2 Å². The summed E-state index contributed by atoms with van der Waals surface area (Å²) in [5, 5.41) is 11.9. The van der Waals surface area contributed by atoms with Crippen molar-refractivity contribution in [3.8, 4) is 11.1 Å².